The van der Waals surface area contributed by atoms with E-state index in [4.69, 9.17) is 4.98 Å². The van der Waals surface area contributed by atoms with Crippen LogP contribution in [0.25, 0.3) is 60.5 Å². The molecule has 0 amide bonds. The third-order valence-corrected chi connectivity index (χ3v) is 23.7. The lowest BCUT2D eigenvalue weighted by molar-refractivity contribution is 0.798. The SMILES string of the molecule is c1ccc(C(c2ccc([Si](c3ccccc3)(c3ccccc3)c3ccccc3)cc2)c2ccc3c(c2)c2cc(N(c4ccccc4)c4ccccc4)c4c(c2n3-c2ccccc2)C2(c3ccccc3-c3ccccc32)c2cc3ccncc3cc2-4)cc1. The lowest BCUT2D eigenvalue weighted by Crippen LogP contribution is -2.74. The number of benzene rings is 13. The molecule has 1 unspecified atom stereocenters. The van der Waals surface area contributed by atoms with Crippen LogP contribution in [0.1, 0.15) is 44.9 Å². The molecule has 4 heteroatoms. The predicted octanol–water partition coefficient (Wildman–Crippen LogP) is 17.7. The van der Waals surface area contributed by atoms with E-state index in [9.17, 15) is 0 Å². The average Bonchev–Trinajstić information content (AvgIpc) is 1.50. The van der Waals surface area contributed by atoms with Crippen LogP contribution in [-0.2, 0) is 5.41 Å². The van der Waals surface area contributed by atoms with Gasteiger partial charge in [-0.2, -0.15) is 0 Å². The zero-order chi connectivity index (χ0) is 57.5. The number of anilines is 3. The highest BCUT2D eigenvalue weighted by Crippen LogP contribution is 2.67. The molecular formula is C83H57N3Si. The van der Waals surface area contributed by atoms with E-state index in [-0.39, 0.29) is 5.92 Å². The Labute approximate surface area is 508 Å². The highest BCUT2D eigenvalue weighted by Gasteiger charge is 2.54. The molecule has 0 N–H and O–H groups in total. The number of rotatable bonds is 11. The van der Waals surface area contributed by atoms with Crippen molar-refractivity contribution in [2.45, 2.75) is 11.3 Å². The molecule has 0 bridgehead atoms. The summed E-state index contributed by atoms with van der Waals surface area (Å²) in [5.41, 5.74) is 19.8. The van der Waals surface area contributed by atoms with Crippen LogP contribution in [0, 0.1) is 0 Å². The summed E-state index contributed by atoms with van der Waals surface area (Å²) < 4.78 is 2.60. The summed E-state index contributed by atoms with van der Waals surface area (Å²) in [6, 6.07) is 123. The molecule has 15 aromatic rings. The molecule has 0 aliphatic heterocycles. The highest BCUT2D eigenvalue weighted by molar-refractivity contribution is 7.19. The van der Waals surface area contributed by atoms with Gasteiger partial charge in [-0.05, 0) is 149 Å². The molecular weight excluding hydrogens is 1070 g/mol. The molecule has 3 nitrogen and oxygen atoms in total. The van der Waals surface area contributed by atoms with Gasteiger partial charge in [-0.1, -0.05) is 255 Å². The quantitative estimate of drug-likeness (QED) is 0.0951. The van der Waals surface area contributed by atoms with Crippen molar-refractivity contribution >= 4 is 78.5 Å². The lowest BCUT2D eigenvalue weighted by Gasteiger charge is -2.34. The summed E-state index contributed by atoms with van der Waals surface area (Å²) in [6.45, 7) is 0. The standard InChI is InChI=1S/C83H57N3Si/c1-8-26-57(27-9-1)79(58-44-47-68(48-45-58)87(65-34-16-5-17-35-65,66-36-18-6-19-37-66)67-38-20-7-21-39-67)60-46-49-77-71(52-60)72-55-78(85(62-28-10-2-11-29-62)63-30-12-3-13-31-63)80-73-53-61-56-84-51-50-59(61)54-76(73)83(81(80)82(72)86(77)64-32-14-4-15-33-64)74-42-24-22-40-69(74)70-41-23-25-43-75(70)83/h1-56,79H. The predicted molar refractivity (Wildman–Crippen MR) is 365 cm³/mol. The summed E-state index contributed by atoms with van der Waals surface area (Å²) in [6.07, 6.45) is 3.97. The van der Waals surface area contributed by atoms with Gasteiger partial charge in [0.15, 0.2) is 8.07 Å². The minimum absolute atomic E-state index is 0.0923. The number of hydrogen-bond donors (Lipinski definition) is 0. The van der Waals surface area contributed by atoms with E-state index in [0.717, 1.165) is 33.7 Å². The topological polar surface area (TPSA) is 21.1 Å². The van der Waals surface area contributed by atoms with Gasteiger partial charge in [0, 0.05) is 62.7 Å². The number of aromatic nitrogens is 2. The number of nitrogens with zero attached hydrogens (tertiary/aromatic N) is 3. The van der Waals surface area contributed by atoms with Crippen LogP contribution in [-0.4, -0.2) is 17.6 Å². The van der Waals surface area contributed by atoms with E-state index >= 15 is 0 Å². The first kappa shape index (κ1) is 50.6. The molecule has 13 aromatic carbocycles. The van der Waals surface area contributed by atoms with Crippen LogP contribution in [0.3, 0.4) is 0 Å². The Hall–Kier alpha value is -10.9. The summed E-state index contributed by atoms with van der Waals surface area (Å²) in [7, 11) is -2.79. The first-order valence-electron chi connectivity index (χ1n) is 30.2. The van der Waals surface area contributed by atoms with Gasteiger partial charge < -0.3 is 9.47 Å². The second-order valence-electron chi connectivity index (χ2n) is 23.3. The Morgan fingerprint density at radius 1 is 0.368 bits per heavy atom. The maximum atomic E-state index is 4.75. The molecule has 0 saturated heterocycles. The van der Waals surface area contributed by atoms with Crippen LogP contribution in [0.5, 0.6) is 0 Å². The minimum Gasteiger partial charge on any atom is -0.310 e. The lowest BCUT2D eigenvalue weighted by atomic mass is 9.69. The third-order valence-electron chi connectivity index (χ3n) is 18.9. The first-order chi connectivity index (χ1) is 43.2. The van der Waals surface area contributed by atoms with Gasteiger partial charge in [0.2, 0.25) is 0 Å². The normalized spacial score (nSPS) is 13.1. The zero-order valence-electron chi connectivity index (χ0n) is 47.8. The Morgan fingerprint density at radius 2 is 0.851 bits per heavy atom. The van der Waals surface area contributed by atoms with Crippen LogP contribution < -0.4 is 25.6 Å². The van der Waals surface area contributed by atoms with Crippen molar-refractivity contribution in [3.8, 4) is 27.9 Å². The maximum Gasteiger partial charge on any atom is 0.179 e. The molecule has 1 spiro atoms. The van der Waals surface area contributed by atoms with E-state index in [0.29, 0.717) is 0 Å². The zero-order valence-corrected chi connectivity index (χ0v) is 48.8. The molecule has 2 aliphatic carbocycles. The van der Waals surface area contributed by atoms with Crippen LogP contribution in [0.15, 0.2) is 340 Å². The summed E-state index contributed by atoms with van der Waals surface area (Å²) in [5.74, 6) is -0.0923. The van der Waals surface area contributed by atoms with Gasteiger partial charge in [0.25, 0.3) is 0 Å². The molecule has 2 aliphatic rings. The van der Waals surface area contributed by atoms with E-state index in [1.54, 1.807) is 0 Å². The number of pyridine rings is 1. The molecule has 2 heterocycles. The highest BCUT2D eigenvalue weighted by atomic mass is 28.3. The van der Waals surface area contributed by atoms with Crippen molar-refractivity contribution in [1.82, 2.24) is 9.55 Å². The molecule has 2 aromatic heterocycles. The van der Waals surface area contributed by atoms with Crippen molar-refractivity contribution in [3.05, 3.63) is 379 Å². The van der Waals surface area contributed by atoms with Crippen molar-refractivity contribution in [2.75, 3.05) is 4.90 Å². The molecule has 0 fully saturated rings. The number of hydrogen-bond acceptors (Lipinski definition) is 2. The number of para-hydroxylation sites is 3. The van der Waals surface area contributed by atoms with Crippen LogP contribution in [0.4, 0.5) is 17.1 Å². The van der Waals surface area contributed by atoms with Gasteiger partial charge in [0.1, 0.15) is 0 Å². The fourth-order valence-electron chi connectivity index (χ4n) is 15.4. The molecule has 408 valence electrons. The Morgan fingerprint density at radius 3 is 1.43 bits per heavy atom. The van der Waals surface area contributed by atoms with Gasteiger partial charge in [-0.25, -0.2) is 0 Å². The molecule has 0 saturated carbocycles. The molecule has 17 rings (SSSR count). The second-order valence-corrected chi connectivity index (χ2v) is 27.1. The van der Waals surface area contributed by atoms with E-state index in [1.807, 2.05) is 12.4 Å². The number of fused-ring (bicyclic) bond motifs is 15. The maximum absolute atomic E-state index is 4.75. The van der Waals surface area contributed by atoms with Gasteiger partial charge in [0.05, 0.1) is 22.1 Å². The summed E-state index contributed by atoms with van der Waals surface area (Å²) >= 11 is 0. The van der Waals surface area contributed by atoms with E-state index < -0.39 is 13.5 Å². The fraction of sp³-hybridized carbons (Fsp3) is 0.0241. The molecule has 0 radical (unpaired) electrons. The van der Waals surface area contributed by atoms with Crippen LogP contribution >= 0.6 is 0 Å². The Kier molecular flexibility index (Phi) is 11.9. The Balaban J connectivity index is 0.989. The molecule has 1 atom stereocenters. The van der Waals surface area contributed by atoms with Crippen molar-refractivity contribution < 1.29 is 0 Å². The van der Waals surface area contributed by atoms with Gasteiger partial charge in [-0.3, -0.25) is 4.98 Å². The summed E-state index contributed by atoms with van der Waals surface area (Å²) in [5, 5.41) is 10.1. The van der Waals surface area contributed by atoms with Gasteiger partial charge >= 0.3 is 0 Å². The second kappa shape index (κ2) is 20.4. The van der Waals surface area contributed by atoms with Crippen LogP contribution in [0.2, 0.25) is 0 Å². The smallest absolute Gasteiger partial charge is 0.179 e. The van der Waals surface area contributed by atoms with E-state index in [1.165, 1.54) is 104 Å². The first-order valence-corrected chi connectivity index (χ1v) is 32.2. The van der Waals surface area contributed by atoms with E-state index in [2.05, 4.69) is 337 Å². The van der Waals surface area contributed by atoms with Crippen molar-refractivity contribution in [2.24, 2.45) is 0 Å². The monoisotopic (exact) mass is 1120 g/mol. The minimum atomic E-state index is -2.79. The summed E-state index contributed by atoms with van der Waals surface area (Å²) in [4.78, 5) is 7.25. The van der Waals surface area contributed by atoms with Gasteiger partial charge in [-0.15, -0.1) is 0 Å². The Bertz CT molecular complexity index is 4890. The fourth-order valence-corrected chi connectivity index (χ4v) is 20.1. The molecule has 87 heavy (non-hydrogen) atoms. The average molecular weight is 1120 g/mol. The third kappa shape index (κ3) is 7.64. The largest absolute Gasteiger partial charge is 0.310 e. The van der Waals surface area contributed by atoms with Crippen molar-refractivity contribution in [3.63, 3.8) is 0 Å². The van der Waals surface area contributed by atoms with Crippen molar-refractivity contribution in [1.29, 1.82) is 0 Å².